The highest BCUT2D eigenvalue weighted by atomic mass is 14.9. The lowest BCUT2D eigenvalue weighted by atomic mass is 10.1. The fourth-order valence-electron chi connectivity index (χ4n) is 2.26. The van der Waals surface area contributed by atoms with Gasteiger partial charge in [-0.1, -0.05) is 37.1 Å². The number of benzene rings is 1. The van der Waals surface area contributed by atoms with E-state index in [2.05, 4.69) is 29.6 Å². The van der Waals surface area contributed by atoms with Crippen molar-refractivity contribution in [2.45, 2.75) is 44.8 Å². The van der Waals surface area contributed by atoms with Crippen LogP contribution in [0.1, 0.15) is 36.8 Å². The Hall–Kier alpha value is -0.860. The first-order valence-electron chi connectivity index (χ1n) is 5.90. The van der Waals surface area contributed by atoms with Crippen LogP contribution in [0.4, 0.5) is 0 Å². The summed E-state index contributed by atoms with van der Waals surface area (Å²) in [7, 11) is 0. The van der Waals surface area contributed by atoms with Crippen LogP contribution < -0.4 is 11.1 Å². The van der Waals surface area contributed by atoms with Crippen molar-refractivity contribution in [2.75, 3.05) is 0 Å². The maximum Gasteiger partial charge on any atom is 0.0208 e. The molecule has 0 atom stereocenters. The standard InChI is InChI=1S/C13H20N2/c14-9-11-4-3-5-12(8-11)10-15-13-6-1-2-7-13/h3-5,8,13,15H,1-2,6-7,9-10,14H2. The van der Waals surface area contributed by atoms with E-state index in [0.29, 0.717) is 6.54 Å². The molecule has 1 aromatic rings. The van der Waals surface area contributed by atoms with Crippen LogP contribution >= 0.6 is 0 Å². The second kappa shape index (κ2) is 5.29. The number of hydrogen-bond donors (Lipinski definition) is 2. The van der Waals surface area contributed by atoms with E-state index in [1.165, 1.54) is 36.8 Å². The molecule has 2 heteroatoms. The molecule has 0 saturated heterocycles. The van der Waals surface area contributed by atoms with Crippen LogP contribution in [0.25, 0.3) is 0 Å². The normalized spacial score (nSPS) is 17.1. The quantitative estimate of drug-likeness (QED) is 0.789. The van der Waals surface area contributed by atoms with Gasteiger partial charge in [-0.15, -0.1) is 0 Å². The summed E-state index contributed by atoms with van der Waals surface area (Å²) in [6.45, 7) is 1.62. The van der Waals surface area contributed by atoms with Crippen molar-refractivity contribution in [3.05, 3.63) is 35.4 Å². The van der Waals surface area contributed by atoms with Crippen molar-refractivity contribution >= 4 is 0 Å². The summed E-state index contributed by atoms with van der Waals surface area (Å²) in [4.78, 5) is 0. The van der Waals surface area contributed by atoms with Gasteiger partial charge >= 0.3 is 0 Å². The van der Waals surface area contributed by atoms with Crippen molar-refractivity contribution in [1.29, 1.82) is 0 Å². The van der Waals surface area contributed by atoms with E-state index >= 15 is 0 Å². The Labute approximate surface area is 91.9 Å². The SMILES string of the molecule is NCc1cccc(CNC2CCCC2)c1. The van der Waals surface area contributed by atoms with Crippen LogP contribution in [0.15, 0.2) is 24.3 Å². The summed E-state index contributed by atoms with van der Waals surface area (Å²) in [5, 5.41) is 3.61. The zero-order chi connectivity index (χ0) is 10.5. The fraction of sp³-hybridized carbons (Fsp3) is 0.538. The van der Waals surface area contributed by atoms with Gasteiger partial charge in [0.15, 0.2) is 0 Å². The summed E-state index contributed by atoms with van der Waals surface area (Å²) in [5.74, 6) is 0. The molecule has 0 unspecified atom stereocenters. The molecule has 1 fully saturated rings. The Morgan fingerprint density at radius 1 is 1.20 bits per heavy atom. The van der Waals surface area contributed by atoms with Gasteiger partial charge in [-0.25, -0.2) is 0 Å². The summed E-state index contributed by atoms with van der Waals surface area (Å²) < 4.78 is 0. The second-order valence-electron chi connectivity index (χ2n) is 4.39. The Morgan fingerprint density at radius 3 is 2.67 bits per heavy atom. The average Bonchev–Trinajstić information content (AvgIpc) is 2.79. The molecule has 3 N–H and O–H groups in total. The zero-order valence-electron chi connectivity index (χ0n) is 9.21. The highest BCUT2D eigenvalue weighted by molar-refractivity contribution is 5.23. The van der Waals surface area contributed by atoms with E-state index in [-0.39, 0.29) is 0 Å². The molecular weight excluding hydrogens is 184 g/mol. The van der Waals surface area contributed by atoms with Crippen molar-refractivity contribution in [3.8, 4) is 0 Å². The van der Waals surface area contributed by atoms with Gasteiger partial charge in [0, 0.05) is 19.1 Å². The van der Waals surface area contributed by atoms with Crippen molar-refractivity contribution in [3.63, 3.8) is 0 Å². The molecule has 0 aromatic heterocycles. The zero-order valence-corrected chi connectivity index (χ0v) is 9.21. The Kier molecular flexibility index (Phi) is 3.75. The van der Waals surface area contributed by atoms with E-state index in [1.807, 2.05) is 0 Å². The number of hydrogen-bond acceptors (Lipinski definition) is 2. The minimum absolute atomic E-state index is 0.636. The van der Waals surface area contributed by atoms with Crippen LogP contribution in [0.5, 0.6) is 0 Å². The van der Waals surface area contributed by atoms with Gasteiger partial charge in [-0.2, -0.15) is 0 Å². The first kappa shape index (κ1) is 10.7. The molecule has 0 heterocycles. The van der Waals surface area contributed by atoms with E-state index < -0.39 is 0 Å². The maximum absolute atomic E-state index is 5.62. The van der Waals surface area contributed by atoms with Crippen LogP contribution in [-0.2, 0) is 13.1 Å². The summed E-state index contributed by atoms with van der Waals surface area (Å²) in [6.07, 6.45) is 5.47. The minimum atomic E-state index is 0.636. The van der Waals surface area contributed by atoms with Crippen molar-refractivity contribution in [2.24, 2.45) is 5.73 Å². The van der Waals surface area contributed by atoms with Crippen LogP contribution in [0.3, 0.4) is 0 Å². The average molecular weight is 204 g/mol. The second-order valence-corrected chi connectivity index (χ2v) is 4.39. The highest BCUT2D eigenvalue weighted by Crippen LogP contribution is 2.18. The largest absolute Gasteiger partial charge is 0.326 e. The van der Waals surface area contributed by atoms with Gasteiger partial charge in [0.05, 0.1) is 0 Å². The molecule has 0 amide bonds. The van der Waals surface area contributed by atoms with Crippen molar-refractivity contribution < 1.29 is 0 Å². The monoisotopic (exact) mass is 204 g/mol. The molecule has 0 aliphatic heterocycles. The molecule has 2 rings (SSSR count). The molecule has 1 aromatic carbocycles. The van der Waals surface area contributed by atoms with Gasteiger partial charge in [-0.3, -0.25) is 0 Å². The molecule has 15 heavy (non-hydrogen) atoms. The predicted octanol–water partition coefficient (Wildman–Crippen LogP) is 2.18. The van der Waals surface area contributed by atoms with Crippen LogP contribution in [0, 0.1) is 0 Å². The van der Waals surface area contributed by atoms with E-state index in [4.69, 9.17) is 5.73 Å². The minimum Gasteiger partial charge on any atom is -0.326 e. The third kappa shape index (κ3) is 3.05. The predicted molar refractivity (Wildman–Crippen MR) is 63.4 cm³/mol. The van der Waals surface area contributed by atoms with Gasteiger partial charge in [0.2, 0.25) is 0 Å². The maximum atomic E-state index is 5.62. The lowest BCUT2D eigenvalue weighted by molar-refractivity contribution is 0.524. The number of rotatable bonds is 4. The molecule has 0 radical (unpaired) electrons. The fourth-order valence-corrected chi connectivity index (χ4v) is 2.26. The van der Waals surface area contributed by atoms with Crippen molar-refractivity contribution in [1.82, 2.24) is 5.32 Å². The van der Waals surface area contributed by atoms with E-state index in [0.717, 1.165) is 12.6 Å². The van der Waals surface area contributed by atoms with E-state index in [9.17, 15) is 0 Å². The van der Waals surface area contributed by atoms with E-state index in [1.54, 1.807) is 0 Å². The summed E-state index contributed by atoms with van der Waals surface area (Å²) in [6, 6.07) is 9.28. The smallest absolute Gasteiger partial charge is 0.0208 e. The van der Waals surface area contributed by atoms with Gasteiger partial charge in [-0.05, 0) is 24.0 Å². The molecule has 82 valence electrons. The number of nitrogens with two attached hydrogens (primary N) is 1. The Morgan fingerprint density at radius 2 is 1.93 bits per heavy atom. The Bertz CT molecular complexity index is 303. The number of nitrogens with one attached hydrogen (secondary N) is 1. The third-order valence-electron chi connectivity index (χ3n) is 3.18. The molecule has 0 spiro atoms. The topological polar surface area (TPSA) is 38.0 Å². The van der Waals surface area contributed by atoms with Gasteiger partial charge in [0.25, 0.3) is 0 Å². The lowest BCUT2D eigenvalue weighted by Crippen LogP contribution is -2.25. The first-order valence-corrected chi connectivity index (χ1v) is 5.90. The van der Waals surface area contributed by atoms with Gasteiger partial charge < -0.3 is 11.1 Å². The van der Waals surface area contributed by atoms with Gasteiger partial charge in [0.1, 0.15) is 0 Å². The summed E-state index contributed by atoms with van der Waals surface area (Å²) in [5.41, 5.74) is 8.19. The molecule has 0 bridgehead atoms. The molecule has 2 nitrogen and oxygen atoms in total. The first-order chi connectivity index (χ1) is 7.38. The van der Waals surface area contributed by atoms with Crippen LogP contribution in [0.2, 0.25) is 0 Å². The third-order valence-corrected chi connectivity index (χ3v) is 3.18. The molecule has 1 aliphatic carbocycles. The highest BCUT2D eigenvalue weighted by Gasteiger charge is 2.13. The molecular formula is C13H20N2. The lowest BCUT2D eigenvalue weighted by Gasteiger charge is -2.12. The molecule has 1 aliphatic rings. The molecule has 1 saturated carbocycles. The Balaban J connectivity index is 1.86. The summed E-state index contributed by atoms with van der Waals surface area (Å²) >= 11 is 0. The van der Waals surface area contributed by atoms with Crippen LogP contribution in [-0.4, -0.2) is 6.04 Å².